The third-order valence-corrected chi connectivity index (χ3v) is 17.2. The minimum atomic E-state index is -1.84. The topological polar surface area (TPSA) is 247 Å². The molecule has 20 nitrogen and oxygen atoms in total. The summed E-state index contributed by atoms with van der Waals surface area (Å²) >= 11 is 1.85. The lowest BCUT2D eigenvalue weighted by atomic mass is 9.77. The van der Waals surface area contributed by atoms with Crippen molar-refractivity contribution in [3.05, 3.63) is 54.1 Å². The predicted octanol–water partition coefficient (Wildman–Crippen LogP) is 3.66. The fourth-order valence-electron chi connectivity index (χ4n) is 10.9. The molecule has 18 atom stereocenters. The van der Waals surface area contributed by atoms with Gasteiger partial charge in [0.05, 0.1) is 71.4 Å². The van der Waals surface area contributed by atoms with Gasteiger partial charge in [-0.15, -0.1) is 10.2 Å². The molecule has 3 aliphatic rings. The lowest BCUT2D eigenvalue weighted by molar-refractivity contribution is -0.311. The second kappa shape index (κ2) is 24.9. The van der Waals surface area contributed by atoms with E-state index in [1.165, 1.54) is 12.5 Å². The van der Waals surface area contributed by atoms with Gasteiger partial charge in [0, 0.05) is 63.8 Å². The molecule has 3 fully saturated rings. The van der Waals surface area contributed by atoms with E-state index >= 15 is 0 Å². The van der Waals surface area contributed by atoms with Crippen molar-refractivity contribution >= 4 is 28.6 Å². The number of nitrogens with two attached hydrogens (primary N) is 1. The number of unbranched alkanes of at least 4 members (excludes halogenated alkanes) is 1. The quantitative estimate of drug-likeness (QED) is 0.0631. The Labute approximate surface area is 439 Å². The minimum Gasteiger partial charge on any atom is -0.448 e. The van der Waals surface area contributed by atoms with E-state index < -0.39 is 93.9 Å². The molecule has 5 heterocycles. The first kappa shape index (κ1) is 58.5. The van der Waals surface area contributed by atoms with Crippen molar-refractivity contribution in [3.63, 3.8) is 0 Å². The van der Waals surface area contributed by atoms with Crippen LogP contribution < -0.4 is 5.73 Å². The summed E-state index contributed by atoms with van der Waals surface area (Å²) in [5.41, 5.74) is 5.36. The maximum absolute atomic E-state index is 14.4. The van der Waals surface area contributed by atoms with E-state index in [0.717, 1.165) is 37.2 Å². The molecule has 406 valence electrons. The van der Waals surface area contributed by atoms with Crippen molar-refractivity contribution < 1.29 is 53.6 Å². The van der Waals surface area contributed by atoms with E-state index in [9.17, 15) is 25.2 Å². The summed E-state index contributed by atoms with van der Waals surface area (Å²) in [6, 6.07) is 6.92. The summed E-state index contributed by atoms with van der Waals surface area (Å²) in [6.45, 7) is 17.9. The summed E-state index contributed by atoms with van der Waals surface area (Å²) in [7, 11) is 5.39. The molecule has 3 saturated heterocycles. The molecule has 0 radical (unpaired) electrons. The molecule has 21 heteroatoms. The number of nitrogens with zero attached hydrogens (tertiary/aromatic N) is 8. The maximum Gasteiger partial charge on any atom is 0.312 e. The lowest BCUT2D eigenvalue weighted by Crippen LogP contribution is -2.62. The highest BCUT2D eigenvalue weighted by Gasteiger charge is 2.52. The zero-order valence-electron chi connectivity index (χ0n) is 44.5. The molecular formula is C51H84IN9O11. The monoisotopic (exact) mass is 1130 g/mol. The lowest BCUT2D eigenvalue weighted by Gasteiger charge is -2.49. The van der Waals surface area contributed by atoms with Crippen LogP contribution in [0.4, 0.5) is 0 Å². The van der Waals surface area contributed by atoms with Crippen LogP contribution in [0.3, 0.4) is 0 Å². The number of ether oxygens (including phenoxy) is 6. The molecule has 6 rings (SSSR count). The van der Waals surface area contributed by atoms with Gasteiger partial charge in [0.25, 0.3) is 0 Å². The fourth-order valence-corrected chi connectivity index (χ4v) is 11.5. The SMILES string of the molecule is CO[C@]1(C)C[C@H](O[C@H]2C(C)[C@@H](O[C@@H]3O[C@H](C)C[C@H](N(C)CCc4cn(CCCCc5ccc(-n6ccnn6)cc5)nn4)[C@H]3O)[C@](C)(O)C[C@@H](C)CN(C)[C@H](C)[C@@H](O)[C@](C)(O)[C@@H](I)OC(=O)[C@@H]2C)O[C@@H](C)[C@@H]1N. The van der Waals surface area contributed by atoms with Gasteiger partial charge in [-0.25, -0.2) is 4.68 Å². The van der Waals surface area contributed by atoms with Gasteiger partial charge in [0.2, 0.25) is 0 Å². The van der Waals surface area contributed by atoms with Crippen LogP contribution in [-0.2, 0) is 52.6 Å². The van der Waals surface area contributed by atoms with E-state index in [1.807, 2.05) is 105 Å². The first-order chi connectivity index (χ1) is 33.8. The number of esters is 1. The normalized spacial score (nSPS) is 39.1. The smallest absolute Gasteiger partial charge is 0.312 e. The molecule has 1 aromatic carbocycles. The van der Waals surface area contributed by atoms with Gasteiger partial charge in [0.15, 0.2) is 16.7 Å². The Kier molecular flexibility index (Phi) is 20.2. The highest BCUT2D eigenvalue weighted by atomic mass is 127. The van der Waals surface area contributed by atoms with Crippen LogP contribution in [0.25, 0.3) is 5.69 Å². The van der Waals surface area contributed by atoms with E-state index in [0.29, 0.717) is 25.9 Å². The number of aromatic nitrogens is 6. The van der Waals surface area contributed by atoms with Crippen molar-refractivity contribution in [1.82, 2.24) is 39.8 Å². The summed E-state index contributed by atoms with van der Waals surface area (Å²) in [4.78, 5) is 18.4. The van der Waals surface area contributed by atoms with Gasteiger partial charge >= 0.3 is 5.97 Å². The second-order valence-corrected chi connectivity index (χ2v) is 23.0. The standard InChI is InChI=1S/C51H84IN9O11/c1-30-26-49(7,65)45(32(3)42(70-40-27-50(8,67-12)43(53)35(6)69-40)33(4)46(64)72-48(52)51(9,66)44(63)34(5)59(11)28-30)71-47-41(62)39(25-31(2)68-47)58(10)23-20-37-29-60(57-55-37)22-14-13-15-36-16-18-38(19-17-36)61-24-21-54-56-61/h16-19,21,24,29-35,39-45,47-48,62-63,65-66H,13-15,20,22-23,25-28,53H2,1-12H3/t30-,31-,32?,33-,34-,35+,39+,40+,41-,42+,43+,44-,45-,47+,48+,49-,50-,51+/m1/s1. The molecule has 1 unspecified atom stereocenters. The largest absolute Gasteiger partial charge is 0.448 e. The maximum atomic E-state index is 14.4. The molecule has 72 heavy (non-hydrogen) atoms. The molecule has 0 bridgehead atoms. The van der Waals surface area contributed by atoms with Crippen LogP contribution in [0.5, 0.6) is 0 Å². The number of likely N-dealkylation sites (N-methyl/N-ethyl adjacent to an activating group) is 2. The molecule has 6 N–H and O–H groups in total. The number of carbonyl (C=O) groups is 1. The number of rotatable bonds is 15. The fraction of sp³-hybridized carbons (Fsp3) is 0.784. The van der Waals surface area contributed by atoms with Crippen LogP contribution in [-0.4, -0.2) is 189 Å². The number of methoxy groups -OCH3 is 1. The number of benzene rings is 1. The average molecular weight is 1130 g/mol. The number of aliphatic hydroxyl groups is 4. The minimum absolute atomic E-state index is 0.173. The van der Waals surface area contributed by atoms with Crippen LogP contribution >= 0.6 is 22.6 Å². The van der Waals surface area contributed by atoms with E-state index in [1.54, 1.807) is 38.8 Å². The van der Waals surface area contributed by atoms with Gasteiger partial charge in [0.1, 0.15) is 17.8 Å². The Morgan fingerprint density at radius 3 is 2.35 bits per heavy atom. The summed E-state index contributed by atoms with van der Waals surface area (Å²) in [5, 5.41) is 65.1. The molecular weight excluding hydrogens is 1040 g/mol. The van der Waals surface area contributed by atoms with Gasteiger partial charge in [-0.2, -0.15) is 0 Å². The number of alkyl halides is 1. The summed E-state index contributed by atoms with van der Waals surface area (Å²) < 4.78 is 40.9. The zero-order valence-corrected chi connectivity index (χ0v) is 46.6. The third kappa shape index (κ3) is 14.2. The number of aliphatic hydroxyl groups excluding tert-OH is 2. The molecule has 0 saturated carbocycles. The van der Waals surface area contributed by atoms with E-state index in [4.69, 9.17) is 34.2 Å². The first-order valence-corrected chi connectivity index (χ1v) is 26.9. The number of hydrogen-bond donors (Lipinski definition) is 5. The van der Waals surface area contributed by atoms with Gasteiger partial charge < -0.3 is 64.4 Å². The number of aryl methyl sites for hydroxylation is 2. The van der Waals surface area contributed by atoms with Crippen molar-refractivity contribution in [3.8, 4) is 5.69 Å². The van der Waals surface area contributed by atoms with Crippen LogP contribution in [0.15, 0.2) is 42.9 Å². The van der Waals surface area contributed by atoms with Gasteiger partial charge in [-0.3, -0.25) is 9.48 Å². The highest BCUT2D eigenvalue weighted by Crippen LogP contribution is 2.40. The Morgan fingerprint density at radius 1 is 0.972 bits per heavy atom. The van der Waals surface area contributed by atoms with Crippen molar-refractivity contribution in [2.45, 2.75) is 202 Å². The van der Waals surface area contributed by atoms with Crippen molar-refractivity contribution in [1.29, 1.82) is 0 Å². The third-order valence-electron chi connectivity index (χ3n) is 15.7. The molecule has 3 aliphatic heterocycles. The van der Waals surface area contributed by atoms with Crippen LogP contribution in [0, 0.1) is 17.8 Å². The Balaban J connectivity index is 1.18. The van der Waals surface area contributed by atoms with E-state index in [2.05, 4.69) is 37.7 Å². The molecule has 0 aliphatic carbocycles. The van der Waals surface area contributed by atoms with Gasteiger partial charge in [-0.1, -0.05) is 36.4 Å². The molecule has 3 aromatic rings. The van der Waals surface area contributed by atoms with Crippen LogP contribution in [0.2, 0.25) is 0 Å². The van der Waals surface area contributed by atoms with Gasteiger partial charge in [-0.05, 0) is 141 Å². The number of cyclic esters (lactones) is 1. The molecule has 2 aromatic heterocycles. The second-order valence-electron chi connectivity index (χ2n) is 21.9. The van der Waals surface area contributed by atoms with Crippen molar-refractivity contribution in [2.24, 2.45) is 23.5 Å². The zero-order chi connectivity index (χ0) is 52.9. The number of carbonyl (C=O) groups excluding carboxylic acids is 1. The predicted molar refractivity (Wildman–Crippen MR) is 277 cm³/mol. The Hall–Kier alpha value is -2.78. The highest BCUT2D eigenvalue weighted by molar-refractivity contribution is 14.1. The Bertz CT molecular complexity index is 2140. The average Bonchev–Trinajstić information content (AvgIpc) is 4.05. The molecule has 0 amide bonds. The molecule has 0 spiro atoms. The number of halogens is 1. The summed E-state index contributed by atoms with van der Waals surface area (Å²) in [5.74, 6) is -2.68. The Morgan fingerprint density at radius 2 is 1.68 bits per heavy atom. The summed E-state index contributed by atoms with van der Waals surface area (Å²) in [6.07, 6.45) is 2.46. The first-order valence-electron chi connectivity index (χ1n) is 25.7. The number of hydrogen-bond acceptors (Lipinski definition) is 18. The van der Waals surface area contributed by atoms with Crippen molar-refractivity contribution in [2.75, 3.05) is 34.3 Å². The van der Waals surface area contributed by atoms with E-state index in [-0.39, 0.29) is 30.9 Å². The van der Waals surface area contributed by atoms with Crippen LogP contribution in [0.1, 0.15) is 106 Å².